The SMILES string of the molecule is CCNC(=S)N1CCN(c2nc(CC)nc3sc4c(c23)CCC(C(C)(C)C)C4)CC1. The van der Waals surface area contributed by atoms with Crippen LogP contribution in [0.2, 0.25) is 0 Å². The highest BCUT2D eigenvalue weighted by Gasteiger charge is 2.33. The molecule has 0 aromatic carbocycles. The van der Waals surface area contributed by atoms with Gasteiger partial charge in [-0.05, 0) is 55.3 Å². The van der Waals surface area contributed by atoms with E-state index in [4.69, 9.17) is 22.2 Å². The molecule has 0 amide bonds. The average molecular weight is 446 g/mol. The summed E-state index contributed by atoms with van der Waals surface area (Å²) in [5.74, 6) is 2.88. The van der Waals surface area contributed by atoms with Crippen LogP contribution in [0, 0.1) is 11.3 Å². The Balaban J connectivity index is 1.65. The van der Waals surface area contributed by atoms with Gasteiger partial charge >= 0.3 is 0 Å². The summed E-state index contributed by atoms with van der Waals surface area (Å²) in [6.07, 6.45) is 4.48. The molecule has 1 aliphatic heterocycles. The summed E-state index contributed by atoms with van der Waals surface area (Å²) in [4.78, 5) is 17.5. The Morgan fingerprint density at radius 2 is 1.90 bits per heavy atom. The summed E-state index contributed by atoms with van der Waals surface area (Å²) in [7, 11) is 0. The number of aromatic nitrogens is 2. The molecule has 1 atom stereocenters. The molecule has 2 aromatic heterocycles. The van der Waals surface area contributed by atoms with Crippen LogP contribution in [0.4, 0.5) is 5.82 Å². The first-order chi connectivity index (χ1) is 14.3. The summed E-state index contributed by atoms with van der Waals surface area (Å²) in [6, 6.07) is 0. The van der Waals surface area contributed by atoms with Crippen LogP contribution in [0.3, 0.4) is 0 Å². The zero-order chi connectivity index (χ0) is 21.5. The molecule has 2 aromatic rings. The maximum absolute atomic E-state index is 5.52. The fourth-order valence-electron chi connectivity index (χ4n) is 4.71. The lowest BCUT2D eigenvalue weighted by molar-refractivity contribution is 0.218. The van der Waals surface area contributed by atoms with Gasteiger partial charge in [0.2, 0.25) is 0 Å². The third-order valence-electron chi connectivity index (χ3n) is 6.67. The van der Waals surface area contributed by atoms with Crippen LogP contribution in [0.5, 0.6) is 0 Å². The number of thiocarbonyl (C=S) groups is 1. The highest BCUT2D eigenvalue weighted by atomic mass is 32.1. The van der Waals surface area contributed by atoms with Gasteiger partial charge in [0, 0.05) is 44.0 Å². The third-order valence-corrected chi connectivity index (χ3v) is 8.22. The molecule has 1 unspecified atom stereocenters. The predicted molar refractivity (Wildman–Crippen MR) is 132 cm³/mol. The molecule has 30 heavy (non-hydrogen) atoms. The molecule has 7 heteroatoms. The molecule has 2 aliphatic rings. The van der Waals surface area contributed by atoms with Gasteiger partial charge in [-0.3, -0.25) is 0 Å². The van der Waals surface area contributed by atoms with Crippen LogP contribution in [-0.4, -0.2) is 52.7 Å². The molecule has 0 radical (unpaired) electrons. The van der Waals surface area contributed by atoms with Crippen LogP contribution in [0.1, 0.15) is 57.3 Å². The zero-order valence-electron chi connectivity index (χ0n) is 19.0. The Bertz CT molecular complexity index is 922. The summed E-state index contributed by atoms with van der Waals surface area (Å²) in [5, 5.41) is 5.50. The lowest BCUT2D eigenvalue weighted by Crippen LogP contribution is -2.52. The molecular weight excluding hydrogens is 410 g/mol. The van der Waals surface area contributed by atoms with Crippen LogP contribution in [0.15, 0.2) is 0 Å². The van der Waals surface area contributed by atoms with Crippen molar-refractivity contribution in [1.29, 1.82) is 0 Å². The van der Waals surface area contributed by atoms with Crippen molar-refractivity contribution >= 4 is 44.7 Å². The van der Waals surface area contributed by atoms with E-state index in [9.17, 15) is 0 Å². The number of hydrogen-bond acceptors (Lipinski definition) is 5. The van der Waals surface area contributed by atoms with Gasteiger partial charge in [0.1, 0.15) is 16.5 Å². The minimum absolute atomic E-state index is 0.359. The molecule has 4 rings (SSSR count). The van der Waals surface area contributed by atoms with E-state index >= 15 is 0 Å². The number of nitrogens with zero attached hydrogens (tertiary/aromatic N) is 4. The smallest absolute Gasteiger partial charge is 0.169 e. The second kappa shape index (κ2) is 8.58. The summed E-state index contributed by atoms with van der Waals surface area (Å²) in [6.45, 7) is 16.1. The maximum Gasteiger partial charge on any atom is 0.169 e. The quantitative estimate of drug-likeness (QED) is 0.706. The number of piperazine rings is 1. The van der Waals surface area contributed by atoms with Crippen LogP contribution < -0.4 is 10.2 Å². The Hall–Kier alpha value is -1.47. The predicted octanol–water partition coefficient (Wildman–Crippen LogP) is 4.42. The normalized spacial score (nSPS) is 19.8. The third kappa shape index (κ3) is 4.15. The first-order valence-electron chi connectivity index (χ1n) is 11.4. The number of fused-ring (bicyclic) bond motifs is 3. The molecular formula is C23H35N5S2. The Kier molecular flexibility index (Phi) is 6.22. The van der Waals surface area contributed by atoms with Crippen molar-refractivity contribution in [1.82, 2.24) is 20.2 Å². The average Bonchev–Trinajstić information content (AvgIpc) is 3.10. The van der Waals surface area contributed by atoms with Gasteiger partial charge in [-0.1, -0.05) is 27.7 Å². The van der Waals surface area contributed by atoms with Crippen molar-refractivity contribution in [3.05, 3.63) is 16.3 Å². The van der Waals surface area contributed by atoms with Crippen molar-refractivity contribution in [2.75, 3.05) is 37.6 Å². The number of nitrogens with one attached hydrogen (secondary N) is 1. The van der Waals surface area contributed by atoms with Gasteiger partial charge in [-0.15, -0.1) is 11.3 Å². The number of rotatable bonds is 3. The van der Waals surface area contributed by atoms with Gasteiger partial charge in [0.15, 0.2) is 5.11 Å². The number of anilines is 1. The topological polar surface area (TPSA) is 44.3 Å². The Labute approximate surface area is 190 Å². The van der Waals surface area contributed by atoms with Gasteiger partial charge in [0.05, 0.1) is 5.39 Å². The van der Waals surface area contributed by atoms with Gasteiger partial charge in [0.25, 0.3) is 0 Å². The van der Waals surface area contributed by atoms with Crippen molar-refractivity contribution in [3.8, 4) is 0 Å². The fourth-order valence-corrected chi connectivity index (χ4v) is 6.35. The van der Waals surface area contributed by atoms with Crippen LogP contribution in [-0.2, 0) is 19.3 Å². The van der Waals surface area contributed by atoms with Crippen molar-refractivity contribution in [2.24, 2.45) is 11.3 Å². The minimum atomic E-state index is 0.359. The number of aryl methyl sites for hydroxylation is 2. The van der Waals surface area contributed by atoms with Crippen LogP contribution in [0.25, 0.3) is 10.2 Å². The number of hydrogen-bond donors (Lipinski definition) is 1. The van der Waals surface area contributed by atoms with E-state index in [1.54, 1.807) is 4.88 Å². The van der Waals surface area contributed by atoms with Crippen molar-refractivity contribution in [2.45, 2.75) is 60.3 Å². The molecule has 1 N–H and O–H groups in total. The fraction of sp³-hybridized carbons (Fsp3) is 0.696. The second-order valence-corrected chi connectivity index (χ2v) is 11.1. The molecule has 1 fully saturated rings. The van der Waals surface area contributed by atoms with Crippen molar-refractivity contribution < 1.29 is 0 Å². The highest BCUT2D eigenvalue weighted by Crippen LogP contribution is 2.45. The molecule has 0 bridgehead atoms. The maximum atomic E-state index is 5.52. The lowest BCUT2D eigenvalue weighted by atomic mass is 9.72. The lowest BCUT2D eigenvalue weighted by Gasteiger charge is -2.37. The van der Waals surface area contributed by atoms with E-state index in [0.29, 0.717) is 5.41 Å². The second-order valence-electron chi connectivity index (χ2n) is 9.62. The molecule has 1 aliphatic carbocycles. The van der Waals surface area contributed by atoms with E-state index < -0.39 is 0 Å². The first-order valence-corrected chi connectivity index (χ1v) is 12.6. The van der Waals surface area contributed by atoms with E-state index in [2.05, 4.69) is 49.7 Å². The molecule has 5 nitrogen and oxygen atoms in total. The Morgan fingerprint density at radius 3 is 2.53 bits per heavy atom. The van der Waals surface area contributed by atoms with E-state index in [-0.39, 0.29) is 0 Å². The molecule has 1 saturated heterocycles. The van der Waals surface area contributed by atoms with E-state index in [0.717, 1.165) is 68.2 Å². The van der Waals surface area contributed by atoms with E-state index in [1.165, 1.54) is 28.6 Å². The van der Waals surface area contributed by atoms with E-state index in [1.807, 2.05) is 11.3 Å². The molecule has 3 heterocycles. The monoisotopic (exact) mass is 445 g/mol. The van der Waals surface area contributed by atoms with Crippen molar-refractivity contribution in [3.63, 3.8) is 0 Å². The van der Waals surface area contributed by atoms with Gasteiger partial charge in [-0.25, -0.2) is 9.97 Å². The minimum Gasteiger partial charge on any atom is -0.363 e. The molecule has 0 saturated carbocycles. The number of thiophene rings is 1. The standard InChI is InChI=1S/C23H35N5S2/c1-6-18-25-20(27-10-12-28(13-11-27)22(29)24-7-2)19-16-9-8-15(23(3,4)5)14-17(16)30-21(19)26-18/h15H,6-14H2,1-5H3,(H,24,29). The van der Waals surface area contributed by atoms with Gasteiger partial charge < -0.3 is 15.1 Å². The largest absolute Gasteiger partial charge is 0.363 e. The summed E-state index contributed by atoms with van der Waals surface area (Å²) < 4.78 is 0. The molecule has 0 spiro atoms. The summed E-state index contributed by atoms with van der Waals surface area (Å²) in [5.41, 5.74) is 1.89. The Morgan fingerprint density at radius 1 is 1.17 bits per heavy atom. The zero-order valence-corrected chi connectivity index (χ0v) is 20.7. The summed E-state index contributed by atoms with van der Waals surface area (Å²) >= 11 is 7.44. The van der Waals surface area contributed by atoms with Gasteiger partial charge in [-0.2, -0.15) is 0 Å². The highest BCUT2D eigenvalue weighted by molar-refractivity contribution is 7.80. The first kappa shape index (κ1) is 21.8. The molecule has 164 valence electrons. The van der Waals surface area contributed by atoms with Crippen LogP contribution >= 0.6 is 23.6 Å².